The number of aryl methyl sites for hydroxylation is 1. The molecule has 0 saturated carbocycles. The van der Waals surface area contributed by atoms with Crippen LogP contribution in [-0.4, -0.2) is 27.8 Å². The molecule has 0 radical (unpaired) electrons. The first-order chi connectivity index (χ1) is 8.65. The second-order valence-corrected chi connectivity index (χ2v) is 4.72. The number of thiocarbonyl (C=S) groups is 1. The van der Waals surface area contributed by atoms with E-state index in [4.69, 9.17) is 27.4 Å². The Bertz CT molecular complexity index is 636. The van der Waals surface area contributed by atoms with Crippen molar-refractivity contribution in [2.24, 2.45) is 5.73 Å². The van der Waals surface area contributed by atoms with Crippen LogP contribution in [0, 0.1) is 6.92 Å². The highest BCUT2D eigenvalue weighted by molar-refractivity contribution is 7.80. The molecule has 3 rings (SSSR count). The Morgan fingerprint density at radius 2 is 2.06 bits per heavy atom. The van der Waals surface area contributed by atoms with Crippen molar-refractivity contribution in [2.45, 2.75) is 13.5 Å². The number of aromatic nitrogens is 2. The lowest BCUT2D eigenvalue weighted by molar-refractivity contribution is 0.172. The van der Waals surface area contributed by atoms with Crippen molar-refractivity contribution in [1.82, 2.24) is 9.55 Å². The van der Waals surface area contributed by atoms with Crippen molar-refractivity contribution in [2.75, 3.05) is 13.2 Å². The molecule has 1 aromatic heterocycles. The lowest BCUT2D eigenvalue weighted by Crippen LogP contribution is -2.18. The first-order valence-corrected chi connectivity index (χ1v) is 6.11. The number of nitrogens with two attached hydrogens (primary N) is 1. The lowest BCUT2D eigenvalue weighted by Gasteiger charge is -2.18. The predicted octanol–water partition coefficient (Wildman–Crippen LogP) is 1.40. The van der Waals surface area contributed by atoms with Crippen LogP contribution in [0.2, 0.25) is 0 Å². The second-order valence-electron chi connectivity index (χ2n) is 4.20. The Morgan fingerprint density at radius 3 is 2.72 bits per heavy atom. The van der Waals surface area contributed by atoms with Gasteiger partial charge in [0.1, 0.15) is 19.0 Å². The van der Waals surface area contributed by atoms with Gasteiger partial charge in [-0.2, -0.15) is 0 Å². The molecular weight excluding hydrogens is 250 g/mol. The maximum absolute atomic E-state index is 5.61. The molecule has 2 aromatic rings. The van der Waals surface area contributed by atoms with E-state index >= 15 is 0 Å². The zero-order chi connectivity index (χ0) is 12.7. The molecule has 1 aliphatic rings. The molecule has 0 unspecified atom stereocenters. The first kappa shape index (κ1) is 11.3. The Morgan fingerprint density at radius 1 is 1.39 bits per heavy atom. The van der Waals surface area contributed by atoms with E-state index in [1.807, 2.05) is 23.6 Å². The average Bonchev–Trinajstić information content (AvgIpc) is 2.62. The largest absolute Gasteiger partial charge is 0.486 e. The van der Waals surface area contributed by atoms with Crippen LogP contribution in [-0.2, 0) is 6.54 Å². The normalized spacial score (nSPS) is 13.8. The quantitative estimate of drug-likeness (QED) is 0.830. The molecule has 5 nitrogen and oxygen atoms in total. The number of nitrogens with zero attached hydrogens (tertiary/aromatic N) is 2. The molecule has 0 amide bonds. The molecule has 0 saturated heterocycles. The SMILES string of the molecule is Cc1nc2cc3c(cc2n1CC(N)=S)OCCO3. The summed E-state index contributed by atoms with van der Waals surface area (Å²) in [6.45, 7) is 3.56. The van der Waals surface area contributed by atoms with E-state index in [1.54, 1.807) is 0 Å². The summed E-state index contributed by atoms with van der Waals surface area (Å²) < 4.78 is 13.1. The zero-order valence-electron chi connectivity index (χ0n) is 9.97. The van der Waals surface area contributed by atoms with Crippen LogP contribution in [0.5, 0.6) is 11.5 Å². The summed E-state index contributed by atoms with van der Waals surface area (Å²) >= 11 is 4.96. The molecule has 1 aromatic carbocycles. The maximum atomic E-state index is 5.61. The van der Waals surface area contributed by atoms with Gasteiger partial charge in [0.25, 0.3) is 0 Å². The highest BCUT2D eigenvalue weighted by Crippen LogP contribution is 2.34. The van der Waals surface area contributed by atoms with Crippen LogP contribution in [0.1, 0.15) is 5.82 Å². The number of imidazole rings is 1. The number of rotatable bonds is 2. The van der Waals surface area contributed by atoms with Crippen LogP contribution in [0.15, 0.2) is 12.1 Å². The minimum Gasteiger partial charge on any atom is -0.486 e. The summed E-state index contributed by atoms with van der Waals surface area (Å²) in [6.07, 6.45) is 0. The van der Waals surface area contributed by atoms with Gasteiger partial charge in [-0.3, -0.25) is 0 Å². The molecule has 0 fully saturated rings. The van der Waals surface area contributed by atoms with Crippen molar-refractivity contribution in [1.29, 1.82) is 0 Å². The minimum atomic E-state index is 0.437. The van der Waals surface area contributed by atoms with Gasteiger partial charge in [-0.1, -0.05) is 12.2 Å². The summed E-state index contributed by atoms with van der Waals surface area (Å²) in [5.74, 6) is 2.37. The molecule has 94 valence electrons. The van der Waals surface area contributed by atoms with Crippen LogP contribution in [0.3, 0.4) is 0 Å². The van der Waals surface area contributed by atoms with E-state index in [0.29, 0.717) is 24.7 Å². The fourth-order valence-corrected chi connectivity index (χ4v) is 2.27. The lowest BCUT2D eigenvalue weighted by atomic mass is 10.2. The van der Waals surface area contributed by atoms with Gasteiger partial charge in [0.15, 0.2) is 11.5 Å². The molecule has 2 heterocycles. The number of hydrogen-bond acceptors (Lipinski definition) is 4. The number of fused-ring (bicyclic) bond motifs is 2. The molecule has 18 heavy (non-hydrogen) atoms. The molecule has 0 bridgehead atoms. The standard InChI is InChI=1S/C12H13N3O2S/c1-7-14-8-4-10-11(17-3-2-16-10)5-9(8)15(7)6-12(13)18/h4-5H,2-3,6H2,1H3,(H2,13,18). The number of ether oxygens (including phenoxy) is 2. The number of benzene rings is 1. The van der Waals surface area contributed by atoms with Gasteiger partial charge in [-0.15, -0.1) is 0 Å². The van der Waals surface area contributed by atoms with Crippen molar-refractivity contribution < 1.29 is 9.47 Å². The van der Waals surface area contributed by atoms with Gasteiger partial charge >= 0.3 is 0 Å². The fourth-order valence-electron chi connectivity index (χ4n) is 2.14. The molecule has 2 N–H and O–H groups in total. The monoisotopic (exact) mass is 263 g/mol. The van der Waals surface area contributed by atoms with Gasteiger partial charge < -0.3 is 19.8 Å². The summed E-state index contributed by atoms with van der Waals surface area (Å²) in [5.41, 5.74) is 7.44. The average molecular weight is 263 g/mol. The third kappa shape index (κ3) is 1.78. The van der Waals surface area contributed by atoms with Crippen LogP contribution >= 0.6 is 12.2 Å². The van der Waals surface area contributed by atoms with Crippen molar-refractivity contribution >= 4 is 28.2 Å². The maximum Gasteiger partial charge on any atom is 0.163 e. The summed E-state index contributed by atoms with van der Waals surface area (Å²) in [5, 5.41) is 0. The van der Waals surface area contributed by atoms with Crippen molar-refractivity contribution in [3.8, 4) is 11.5 Å². The molecule has 1 aliphatic heterocycles. The van der Waals surface area contributed by atoms with Crippen LogP contribution < -0.4 is 15.2 Å². The van der Waals surface area contributed by atoms with E-state index in [-0.39, 0.29) is 0 Å². The van der Waals surface area contributed by atoms with Gasteiger partial charge in [-0.05, 0) is 6.92 Å². The topological polar surface area (TPSA) is 62.3 Å². The highest BCUT2D eigenvalue weighted by atomic mass is 32.1. The second kappa shape index (κ2) is 4.13. The Labute approximate surface area is 109 Å². The van der Waals surface area contributed by atoms with Crippen molar-refractivity contribution in [3.05, 3.63) is 18.0 Å². The van der Waals surface area contributed by atoms with E-state index < -0.39 is 0 Å². The van der Waals surface area contributed by atoms with Crippen LogP contribution in [0.25, 0.3) is 11.0 Å². The van der Waals surface area contributed by atoms with Gasteiger partial charge in [0, 0.05) is 12.1 Å². The van der Waals surface area contributed by atoms with E-state index in [9.17, 15) is 0 Å². The predicted molar refractivity (Wildman–Crippen MR) is 72.2 cm³/mol. The Kier molecular flexibility index (Phi) is 2.59. The van der Waals surface area contributed by atoms with E-state index in [0.717, 1.165) is 28.4 Å². The third-order valence-electron chi connectivity index (χ3n) is 2.92. The third-order valence-corrected chi connectivity index (χ3v) is 3.05. The van der Waals surface area contributed by atoms with Crippen LogP contribution in [0.4, 0.5) is 0 Å². The fraction of sp³-hybridized carbons (Fsp3) is 0.333. The summed E-state index contributed by atoms with van der Waals surface area (Å²) in [7, 11) is 0. The van der Waals surface area contributed by atoms with Gasteiger partial charge in [0.2, 0.25) is 0 Å². The molecule has 6 heteroatoms. The summed E-state index contributed by atoms with van der Waals surface area (Å²) in [6, 6.07) is 3.83. The molecule has 0 spiro atoms. The first-order valence-electron chi connectivity index (χ1n) is 5.70. The Hall–Kier alpha value is -1.82. The summed E-state index contributed by atoms with van der Waals surface area (Å²) in [4.78, 5) is 4.92. The molecule has 0 atom stereocenters. The van der Waals surface area contributed by atoms with E-state index in [2.05, 4.69) is 4.98 Å². The molecule has 0 aliphatic carbocycles. The minimum absolute atomic E-state index is 0.437. The van der Waals surface area contributed by atoms with E-state index in [1.165, 1.54) is 0 Å². The number of hydrogen-bond donors (Lipinski definition) is 1. The van der Waals surface area contributed by atoms with Gasteiger partial charge in [-0.25, -0.2) is 4.98 Å². The van der Waals surface area contributed by atoms with Gasteiger partial charge in [0.05, 0.1) is 22.6 Å². The highest BCUT2D eigenvalue weighted by Gasteiger charge is 2.16. The van der Waals surface area contributed by atoms with Crippen molar-refractivity contribution in [3.63, 3.8) is 0 Å². The zero-order valence-corrected chi connectivity index (χ0v) is 10.8. The smallest absolute Gasteiger partial charge is 0.163 e. The molecular formula is C12H13N3O2S. The Balaban J connectivity index is 2.18.